The summed E-state index contributed by atoms with van der Waals surface area (Å²) in [4.78, 5) is 2.83. The van der Waals surface area contributed by atoms with Gasteiger partial charge in [-0.1, -0.05) is 6.42 Å². The molecule has 2 saturated heterocycles. The van der Waals surface area contributed by atoms with Gasteiger partial charge in [0.05, 0.1) is 0 Å². The van der Waals surface area contributed by atoms with Crippen molar-refractivity contribution >= 4 is 0 Å². The minimum absolute atomic E-state index is 0.832. The zero-order valence-corrected chi connectivity index (χ0v) is 9.04. The highest BCUT2D eigenvalue weighted by molar-refractivity contribution is 4.96. The topological polar surface area (TPSA) is 15.3 Å². The molecule has 14 heavy (non-hydrogen) atoms. The van der Waals surface area contributed by atoms with Gasteiger partial charge in [-0.15, -0.1) is 0 Å². The Morgan fingerprint density at radius 1 is 0.929 bits per heavy atom. The molecule has 0 aromatic heterocycles. The fourth-order valence-electron chi connectivity index (χ4n) is 3.46. The van der Waals surface area contributed by atoms with E-state index in [1.54, 1.807) is 0 Å². The van der Waals surface area contributed by atoms with Crippen molar-refractivity contribution in [2.75, 3.05) is 13.1 Å². The Morgan fingerprint density at radius 3 is 2.50 bits per heavy atom. The van der Waals surface area contributed by atoms with Crippen LogP contribution in [0.25, 0.3) is 0 Å². The van der Waals surface area contributed by atoms with Gasteiger partial charge >= 0.3 is 0 Å². The molecule has 0 radical (unpaired) electrons. The molecule has 0 amide bonds. The molecule has 0 aromatic rings. The maximum Gasteiger partial charge on any atom is 0.0252 e. The first-order valence-corrected chi connectivity index (χ1v) is 6.44. The molecular weight excluding hydrogens is 172 g/mol. The second-order valence-electron chi connectivity index (χ2n) is 5.23. The molecule has 2 aliphatic heterocycles. The van der Waals surface area contributed by atoms with E-state index in [4.69, 9.17) is 0 Å². The van der Waals surface area contributed by atoms with Gasteiger partial charge in [-0.2, -0.15) is 0 Å². The molecule has 1 N–H and O–H groups in total. The van der Waals surface area contributed by atoms with Crippen molar-refractivity contribution in [1.82, 2.24) is 10.2 Å². The van der Waals surface area contributed by atoms with E-state index in [1.165, 1.54) is 58.0 Å². The van der Waals surface area contributed by atoms with Crippen molar-refractivity contribution in [3.63, 3.8) is 0 Å². The van der Waals surface area contributed by atoms with Gasteiger partial charge in [-0.25, -0.2) is 0 Å². The van der Waals surface area contributed by atoms with E-state index in [9.17, 15) is 0 Å². The first-order chi connectivity index (χ1) is 6.95. The summed E-state index contributed by atoms with van der Waals surface area (Å²) in [5.74, 6) is 0. The summed E-state index contributed by atoms with van der Waals surface area (Å²) < 4.78 is 0. The third-order valence-electron chi connectivity index (χ3n) is 4.45. The first-order valence-electron chi connectivity index (χ1n) is 6.44. The van der Waals surface area contributed by atoms with Gasteiger partial charge in [0.25, 0.3) is 0 Å². The van der Waals surface area contributed by atoms with Gasteiger partial charge in [0.15, 0.2) is 0 Å². The fraction of sp³-hybridized carbons (Fsp3) is 1.00. The van der Waals surface area contributed by atoms with Gasteiger partial charge in [-0.05, 0) is 51.6 Å². The van der Waals surface area contributed by atoms with Crippen LogP contribution in [0, 0.1) is 0 Å². The first kappa shape index (κ1) is 9.17. The number of hydrogen-bond acceptors (Lipinski definition) is 2. The molecular formula is C12H22N2. The number of rotatable bonds is 2. The molecule has 2 heteroatoms. The van der Waals surface area contributed by atoms with Crippen LogP contribution in [0.1, 0.15) is 44.9 Å². The van der Waals surface area contributed by atoms with Crippen LogP contribution in [-0.4, -0.2) is 36.1 Å². The Morgan fingerprint density at radius 2 is 1.86 bits per heavy atom. The molecule has 0 bridgehead atoms. The summed E-state index contributed by atoms with van der Waals surface area (Å²) in [6, 6.07) is 2.69. The summed E-state index contributed by atoms with van der Waals surface area (Å²) >= 11 is 0. The van der Waals surface area contributed by atoms with Gasteiger partial charge < -0.3 is 5.32 Å². The standard InChI is InChI=1S/C12H22N2/c1-4-10(5-1)14-9-3-7-12(14)11-6-2-8-13-11/h10-13H,1-9H2. The third kappa shape index (κ3) is 1.49. The van der Waals surface area contributed by atoms with Crippen LogP contribution in [0.15, 0.2) is 0 Å². The average molecular weight is 194 g/mol. The smallest absolute Gasteiger partial charge is 0.0252 e. The molecule has 2 unspecified atom stereocenters. The lowest BCUT2D eigenvalue weighted by molar-refractivity contribution is 0.0971. The van der Waals surface area contributed by atoms with Crippen molar-refractivity contribution in [1.29, 1.82) is 0 Å². The van der Waals surface area contributed by atoms with Crippen LogP contribution >= 0.6 is 0 Å². The van der Waals surface area contributed by atoms with Crippen LogP contribution in [0.5, 0.6) is 0 Å². The van der Waals surface area contributed by atoms with Crippen molar-refractivity contribution in [3.8, 4) is 0 Å². The molecule has 2 heterocycles. The second-order valence-corrected chi connectivity index (χ2v) is 5.23. The summed E-state index contributed by atoms with van der Waals surface area (Å²) in [6.07, 6.45) is 10.2. The highest BCUT2D eigenvalue weighted by Crippen LogP contribution is 2.33. The summed E-state index contributed by atoms with van der Waals surface area (Å²) in [7, 11) is 0. The molecule has 3 aliphatic rings. The Balaban J connectivity index is 1.64. The van der Waals surface area contributed by atoms with Crippen LogP contribution < -0.4 is 5.32 Å². The predicted octanol–water partition coefficient (Wildman–Crippen LogP) is 1.76. The second kappa shape index (κ2) is 3.82. The van der Waals surface area contributed by atoms with Crippen molar-refractivity contribution in [2.45, 2.75) is 63.1 Å². The van der Waals surface area contributed by atoms with E-state index in [-0.39, 0.29) is 0 Å². The molecule has 3 fully saturated rings. The number of nitrogens with one attached hydrogen (secondary N) is 1. The quantitative estimate of drug-likeness (QED) is 0.720. The fourth-order valence-corrected chi connectivity index (χ4v) is 3.46. The zero-order chi connectivity index (χ0) is 9.38. The molecule has 1 aliphatic carbocycles. The molecule has 2 atom stereocenters. The van der Waals surface area contributed by atoms with Crippen LogP contribution in [0.3, 0.4) is 0 Å². The lowest BCUT2D eigenvalue weighted by Crippen LogP contribution is -2.50. The molecule has 80 valence electrons. The van der Waals surface area contributed by atoms with Crippen LogP contribution in [0.2, 0.25) is 0 Å². The maximum atomic E-state index is 3.69. The summed E-state index contributed by atoms with van der Waals surface area (Å²) in [5, 5.41) is 3.69. The van der Waals surface area contributed by atoms with Gasteiger partial charge in [-0.3, -0.25) is 4.90 Å². The molecule has 3 rings (SSSR count). The van der Waals surface area contributed by atoms with E-state index < -0.39 is 0 Å². The van der Waals surface area contributed by atoms with Crippen molar-refractivity contribution in [2.24, 2.45) is 0 Å². The summed E-state index contributed by atoms with van der Waals surface area (Å²) in [5.41, 5.74) is 0. The predicted molar refractivity (Wildman–Crippen MR) is 58.4 cm³/mol. The molecule has 2 nitrogen and oxygen atoms in total. The van der Waals surface area contributed by atoms with Crippen LogP contribution in [-0.2, 0) is 0 Å². The minimum Gasteiger partial charge on any atom is -0.312 e. The molecule has 1 saturated carbocycles. The number of nitrogens with zero attached hydrogens (tertiary/aromatic N) is 1. The normalized spacial score (nSPS) is 40.3. The Labute approximate surface area is 87.0 Å². The minimum atomic E-state index is 0.832. The monoisotopic (exact) mass is 194 g/mol. The largest absolute Gasteiger partial charge is 0.312 e. The van der Waals surface area contributed by atoms with Gasteiger partial charge in [0, 0.05) is 18.1 Å². The maximum absolute atomic E-state index is 3.69. The van der Waals surface area contributed by atoms with Crippen molar-refractivity contribution in [3.05, 3.63) is 0 Å². The SMILES string of the molecule is C1CNC(C2CCCN2C2CCC2)C1. The van der Waals surface area contributed by atoms with E-state index in [2.05, 4.69) is 10.2 Å². The lowest BCUT2D eigenvalue weighted by Gasteiger charge is -2.40. The van der Waals surface area contributed by atoms with E-state index in [0.29, 0.717) is 0 Å². The van der Waals surface area contributed by atoms with E-state index in [1.807, 2.05) is 0 Å². The Bertz CT molecular complexity index is 194. The number of likely N-dealkylation sites (tertiary alicyclic amines) is 1. The molecule has 0 spiro atoms. The lowest BCUT2D eigenvalue weighted by atomic mass is 9.90. The Kier molecular flexibility index (Phi) is 2.50. The van der Waals surface area contributed by atoms with E-state index >= 15 is 0 Å². The number of hydrogen-bond donors (Lipinski definition) is 1. The third-order valence-corrected chi connectivity index (χ3v) is 4.45. The van der Waals surface area contributed by atoms with Gasteiger partial charge in [0.1, 0.15) is 0 Å². The van der Waals surface area contributed by atoms with Crippen LogP contribution in [0.4, 0.5) is 0 Å². The molecule has 0 aromatic carbocycles. The summed E-state index contributed by atoms with van der Waals surface area (Å²) in [6.45, 7) is 2.65. The van der Waals surface area contributed by atoms with Crippen molar-refractivity contribution < 1.29 is 0 Å². The highest BCUT2D eigenvalue weighted by Gasteiger charge is 2.38. The highest BCUT2D eigenvalue weighted by atomic mass is 15.2. The average Bonchev–Trinajstić information content (AvgIpc) is 2.66. The zero-order valence-electron chi connectivity index (χ0n) is 9.04. The van der Waals surface area contributed by atoms with E-state index in [0.717, 1.165) is 18.1 Å². The van der Waals surface area contributed by atoms with Gasteiger partial charge in [0.2, 0.25) is 0 Å². The Hall–Kier alpha value is -0.0800.